The van der Waals surface area contributed by atoms with Gasteiger partial charge in [-0.05, 0) is 60.2 Å². The minimum atomic E-state index is -4.27. The number of benzene rings is 3. The second kappa shape index (κ2) is 8.60. The van der Waals surface area contributed by atoms with Crippen LogP contribution in [0.15, 0.2) is 65.6 Å². The fraction of sp³-hybridized carbons (Fsp3) is 0.120. The second-order valence-corrected chi connectivity index (χ2v) is 8.60. The van der Waals surface area contributed by atoms with Crippen LogP contribution in [-0.2, 0) is 10.1 Å². The van der Waals surface area contributed by atoms with E-state index in [1.54, 1.807) is 19.1 Å². The lowest BCUT2D eigenvalue weighted by Gasteiger charge is -2.04. The first-order chi connectivity index (χ1) is 13.7. The molecule has 0 aromatic heterocycles. The second-order valence-electron chi connectivity index (χ2n) is 7.21. The van der Waals surface area contributed by atoms with Crippen LogP contribution in [0, 0.1) is 20.8 Å². The standard InChI is InChI=1S/C25H24O3S/c1-18-4-12-23(20(3)16-18)14-10-21-6-8-22(9-7-21)11-15-24-13-5-19(2)17-25(24)29(26,27)28/h4-17H,1-3H3,(H,26,27,28)/b14-10+,15-11+. The van der Waals surface area contributed by atoms with Gasteiger partial charge in [-0.15, -0.1) is 0 Å². The molecule has 0 aliphatic carbocycles. The van der Waals surface area contributed by atoms with E-state index in [4.69, 9.17) is 0 Å². The molecule has 0 saturated heterocycles. The number of rotatable bonds is 5. The Labute approximate surface area is 172 Å². The summed E-state index contributed by atoms with van der Waals surface area (Å²) in [7, 11) is -4.27. The van der Waals surface area contributed by atoms with Gasteiger partial charge < -0.3 is 0 Å². The molecule has 4 heteroatoms. The molecule has 1 N–H and O–H groups in total. The SMILES string of the molecule is Cc1ccc(/C=C/c2ccc(/C=C/c3ccc(C)cc3S(=O)(=O)O)cc2)c(C)c1. The van der Waals surface area contributed by atoms with Crippen molar-refractivity contribution in [3.63, 3.8) is 0 Å². The molecule has 0 atom stereocenters. The van der Waals surface area contributed by atoms with Gasteiger partial charge >= 0.3 is 0 Å². The van der Waals surface area contributed by atoms with Crippen molar-refractivity contribution in [3.8, 4) is 0 Å². The number of aryl methyl sites for hydroxylation is 3. The summed E-state index contributed by atoms with van der Waals surface area (Å²) in [6.45, 7) is 5.97. The molecular formula is C25H24O3S. The Morgan fingerprint density at radius 1 is 0.655 bits per heavy atom. The van der Waals surface area contributed by atoms with Crippen LogP contribution < -0.4 is 0 Å². The van der Waals surface area contributed by atoms with Gasteiger partial charge in [0.15, 0.2) is 0 Å². The average Bonchev–Trinajstić information content (AvgIpc) is 2.66. The molecule has 0 aliphatic heterocycles. The summed E-state index contributed by atoms with van der Waals surface area (Å²) >= 11 is 0. The Bertz CT molecular complexity index is 1190. The first kappa shape index (κ1) is 20.8. The van der Waals surface area contributed by atoms with Gasteiger partial charge in [-0.1, -0.05) is 84.5 Å². The fourth-order valence-electron chi connectivity index (χ4n) is 3.11. The predicted octanol–water partition coefficient (Wildman–Crippen LogP) is 6.20. The third kappa shape index (κ3) is 5.53. The maximum absolute atomic E-state index is 11.6. The van der Waals surface area contributed by atoms with Crippen LogP contribution in [0.2, 0.25) is 0 Å². The van der Waals surface area contributed by atoms with Crippen molar-refractivity contribution in [2.45, 2.75) is 25.7 Å². The molecule has 3 rings (SSSR count). The van der Waals surface area contributed by atoms with Crippen molar-refractivity contribution in [2.75, 3.05) is 0 Å². The van der Waals surface area contributed by atoms with Gasteiger partial charge in [0.25, 0.3) is 10.1 Å². The zero-order valence-corrected chi connectivity index (χ0v) is 17.6. The zero-order chi connectivity index (χ0) is 21.0. The van der Waals surface area contributed by atoms with Crippen molar-refractivity contribution in [3.05, 3.63) is 99.6 Å². The van der Waals surface area contributed by atoms with E-state index >= 15 is 0 Å². The normalized spacial score (nSPS) is 12.1. The Morgan fingerprint density at radius 3 is 1.66 bits per heavy atom. The van der Waals surface area contributed by atoms with E-state index in [0.717, 1.165) is 16.7 Å². The molecular weight excluding hydrogens is 380 g/mol. The minimum Gasteiger partial charge on any atom is -0.282 e. The third-order valence-corrected chi connectivity index (χ3v) is 5.63. The van der Waals surface area contributed by atoms with Gasteiger partial charge in [-0.3, -0.25) is 4.55 Å². The van der Waals surface area contributed by atoms with Gasteiger partial charge in [-0.2, -0.15) is 8.42 Å². The molecule has 0 unspecified atom stereocenters. The summed E-state index contributed by atoms with van der Waals surface area (Å²) < 4.78 is 32.7. The Kier molecular flexibility index (Phi) is 6.16. The van der Waals surface area contributed by atoms with E-state index < -0.39 is 10.1 Å². The van der Waals surface area contributed by atoms with Gasteiger partial charge in [0, 0.05) is 0 Å². The summed E-state index contributed by atoms with van der Waals surface area (Å²) in [5.41, 5.74) is 6.94. The first-order valence-corrected chi connectivity index (χ1v) is 10.8. The molecule has 148 valence electrons. The summed E-state index contributed by atoms with van der Waals surface area (Å²) in [5, 5.41) is 0. The molecule has 0 bridgehead atoms. The summed E-state index contributed by atoms with van der Waals surface area (Å²) in [6, 6.07) is 19.3. The van der Waals surface area contributed by atoms with Crippen molar-refractivity contribution >= 4 is 34.4 Å². The van der Waals surface area contributed by atoms with Gasteiger partial charge in [-0.25, -0.2) is 0 Å². The van der Waals surface area contributed by atoms with Gasteiger partial charge in [0.1, 0.15) is 4.90 Å². The van der Waals surface area contributed by atoms with Crippen LogP contribution in [0.5, 0.6) is 0 Å². The summed E-state index contributed by atoms with van der Waals surface area (Å²) in [4.78, 5) is -0.0817. The molecule has 0 fully saturated rings. The highest BCUT2D eigenvalue weighted by molar-refractivity contribution is 7.85. The lowest BCUT2D eigenvalue weighted by molar-refractivity contribution is 0.483. The van der Waals surface area contributed by atoms with Crippen LogP contribution in [0.1, 0.15) is 38.9 Å². The van der Waals surface area contributed by atoms with E-state index in [9.17, 15) is 13.0 Å². The third-order valence-electron chi connectivity index (χ3n) is 4.72. The molecule has 3 aromatic carbocycles. The lowest BCUT2D eigenvalue weighted by Crippen LogP contribution is -2.01. The van der Waals surface area contributed by atoms with Gasteiger partial charge in [0.2, 0.25) is 0 Å². The van der Waals surface area contributed by atoms with E-state index in [2.05, 4.69) is 44.2 Å². The van der Waals surface area contributed by atoms with Crippen LogP contribution in [0.3, 0.4) is 0 Å². The fourth-order valence-corrected chi connectivity index (χ4v) is 3.87. The van der Waals surface area contributed by atoms with Crippen molar-refractivity contribution in [1.82, 2.24) is 0 Å². The molecule has 29 heavy (non-hydrogen) atoms. The monoisotopic (exact) mass is 404 g/mol. The van der Waals surface area contributed by atoms with Crippen molar-refractivity contribution < 1.29 is 13.0 Å². The highest BCUT2D eigenvalue weighted by atomic mass is 32.2. The first-order valence-electron chi connectivity index (χ1n) is 9.34. The molecule has 0 heterocycles. The predicted molar refractivity (Wildman–Crippen MR) is 121 cm³/mol. The Hall–Kier alpha value is -2.95. The topological polar surface area (TPSA) is 54.4 Å². The molecule has 0 spiro atoms. The summed E-state index contributed by atoms with van der Waals surface area (Å²) in [6.07, 6.45) is 7.70. The van der Waals surface area contributed by atoms with E-state index in [1.807, 2.05) is 36.4 Å². The molecule has 0 radical (unpaired) electrons. The van der Waals surface area contributed by atoms with Gasteiger partial charge in [0.05, 0.1) is 0 Å². The largest absolute Gasteiger partial charge is 0.295 e. The van der Waals surface area contributed by atoms with Crippen molar-refractivity contribution in [2.24, 2.45) is 0 Å². The Balaban J connectivity index is 1.79. The quantitative estimate of drug-likeness (QED) is 0.407. The van der Waals surface area contributed by atoms with Crippen molar-refractivity contribution in [1.29, 1.82) is 0 Å². The van der Waals surface area contributed by atoms with Crippen LogP contribution in [0.25, 0.3) is 24.3 Å². The lowest BCUT2D eigenvalue weighted by atomic mass is 10.0. The zero-order valence-electron chi connectivity index (χ0n) is 16.8. The molecule has 0 aliphatic rings. The molecule has 0 amide bonds. The van der Waals surface area contributed by atoms with E-state index in [1.165, 1.54) is 22.8 Å². The Morgan fingerprint density at radius 2 is 1.14 bits per heavy atom. The number of hydrogen-bond donors (Lipinski definition) is 1. The molecule has 0 saturated carbocycles. The van der Waals surface area contributed by atoms with Crippen LogP contribution in [-0.4, -0.2) is 13.0 Å². The highest BCUT2D eigenvalue weighted by Crippen LogP contribution is 2.21. The van der Waals surface area contributed by atoms with Crippen LogP contribution >= 0.6 is 0 Å². The highest BCUT2D eigenvalue weighted by Gasteiger charge is 2.13. The smallest absolute Gasteiger partial charge is 0.282 e. The van der Waals surface area contributed by atoms with Crippen LogP contribution in [0.4, 0.5) is 0 Å². The molecule has 3 nitrogen and oxygen atoms in total. The molecule has 3 aromatic rings. The van der Waals surface area contributed by atoms with E-state index in [0.29, 0.717) is 5.56 Å². The maximum atomic E-state index is 11.6. The minimum absolute atomic E-state index is 0.0817. The number of hydrogen-bond acceptors (Lipinski definition) is 2. The maximum Gasteiger partial charge on any atom is 0.295 e. The van der Waals surface area contributed by atoms with E-state index in [-0.39, 0.29) is 4.90 Å². The summed E-state index contributed by atoms with van der Waals surface area (Å²) in [5.74, 6) is 0. The average molecular weight is 405 g/mol.